The Kier molecular flexibility index (Phi) is 11.4. The molecule has 37 heavy (non-hydrogen) atoms. The fourth-order valence-electron chi connectivity index (χ4n) is 4.31. The van der Waals surface area contributed by atoms with E-state index < -0.39 is 12.0 Å². The number of carboxylic acid groups (broad SMARTS) is 1. The maximum Gasteiger partial charge on any atom is 0.303 e. The number of hydrogen-bond donors (Lipinski definition) is 2. The van der Waals surface area contributed by atoms with E-state index in [2.05, 4.69) is 5.32 Å². The van der Waals surface area contributed by atoms with Crippen molar-refractivity contribution in [1.29, 1.82) is 0 Å². The van der Waals surface area contributed by atoms with Crippen LogP contribution in [0.15, 0.2) is 91.0 Å². The van der Waals surface area contributed by atoms with Crippen LogP contribution < -0.4 is 5.32 Å². The highest BCUT2D eigenvalue weighted by Gasteiger charge is 2.29. The number of rotatable bonds is 15. The molecule has 6 heteroatoms. The first-order chi connectivity index (χ1) is 18.0. The first-order valence-electron chi connectivity index (χ1n) is 12.9. The Morgan fingerprint density at radius 3 is 1.84 bits per heavy atom. The number of unbranched alkanes of at least 4 members (excludes halogenated alkanes) is 2. The first-order valence-corrected chi connectivity index (χ1v) is 12.9. The molecule has 0 fully saturated rings. The molecule has 0 saturated carbocycles. The smallest absolute Gasteiger partial charge is 0.303 e. The zero-order valence-corrected chi connectivity index (χ0v) is 21.2. The van der Waals surface area contributed by atoms with Gasteiger partial charge in [0.15, 0.2) is 0 Å². The lowest BCUT2D eigenvalue weighted by Crippen LogP contribution is -2.51. The molecule has 3 aromatic carbocycles. The second kappa shape index (κ2) is 15.2. The maximum atomic E-state index is 13.6. The van der Waals surface area contributed by atoms with Crippen molar-refractivity contribution in [3.63, 3.8) is 0 Å². The van der Waals surface area contributed by atoms with Crippen molar-refractivity contribution in [2.45, 2.75) is 57.5 Å². The highest BCUT2D eigenvalue weighted by atomic mass is 16.4. The fourth-order valence-corrected chi connectivity index (χ4v) is 4.31. The van der Waals surface area contributed by atoms with E-state index >= 15 is 0 Å². The summed E-state index contributed by atoms with van der Waals surface area (Å²) in [6.07, 6.45) is 3.24. The lowest BCUT2D eigenvalue weighted by atomic mass is 10.0. The summed E-state index contributed by atoms with van der Waals surface area (Å²) in [6, 6.07) is 28.8. The van der Waals surface area contributed by atoms with Gasteiger partial charge in [-0.1, -0.05) is 97.4 Å². The van der Waals surface area contributed by atoms with Crippen LogP contribution in [0.1, 0.15) is 48.8 Å². The molecular formula is C31H36N2O4. The van der Waals surface area contributed by atoms with Gasteiger partial charge in [0.1, 0.15) is 6.04 Å². The van der Waals surface area contributed by atoms with Gasteiger partial charge in [0.25, 0.3) is 0 Å². The zero-order valence-electron chi connectivity index (χ0n) is 21.2. The van der Waals surface area contributed by atoms with Crippen LogP contribution in [-0.4, -0.2) is 40.4 Å². The molecule has 0 heterocycles. The Morgan fingerprint density at radius 2 is 1.24 bits per heavy atom. The molecule has 1 unspecified atom stereocenters. The van der Waals surface area contributed by atoms with Gasteiger partial charge in [0, 0.05) is 32.4 Å². The highest BCUT2D eigenvalue weighted by Crippen LogP contribution is 2.15. The summed E-state index contributed by atoms with van der Waals surface area (Å²) in [7, 11) is 0. The van der Waals surface area contributed by atoms with Gasteiger partial charge in [-0.25, -0.2) is 0 Å². The lowest BCUT2D eigenvalue weighted by molar-refractivity contribution is -0.140. The van der Waals surface area contributed by atoms with Crippen molar-refractivity contribution in [2.24, 2.45) is 0 Å². The summed E-state index contributed by atoms with van der Waals surface area (Å²) in [5.41, 5.74) is 3.08. The molecule has 1 atom stereocenters. The van der Waals surface area contributed by atoms with Crippen molar-refractivity contribution in [2.75, 3.05) is 6.54 Å². The average Bonchev–Trinajstić information content (AvgIpc) is 2.92. The normalized spacial score (nSPS) is 11.5. The molecule has 0 aliphatic heterocycles. The maximum absolute atomic E-state index is 13.6. The van der Waals surface area contributed by atoms with E-state index in [1.807, 2.05) is 91.0 Å². The van der Waals surface area contributed by atoms with E-state index in [1.165, 1.54) is 0 Å². The molecule has 0 bridgehead atoms. The molecule has 6 nitrogen and oxygen atoms in total. The van der Waals surface area contributed by atoms with Gasteiger partial charge in [0.2, 0.25) is 11.8 Å². The Hall–Kier alpha value is -3.93. The predicted octanol–water partition coefficient (Wildman–Crippen LogP) is 5.02. The predicted molar refractivity (Wildman–Crippen MR) is 145 cm³/mol. The molecule has 0 aromatic heterocycles. The number of carbonyl (C=O) groups excluding carboxylic acids is 2. The van der Waals surface area contributed by atoms with Gasteiger partial charge in [0.05, 0.1) is 0 Å². The molecule has 194 valence electrons. The van der Waals surface area contributed by atoms with Gasteiger partial charge in [-0.15, -0.1) is 0 Å². The third kappa shape index (κ3) is 9.92. The summed E-state index contributed by atoms with van der Waals surface area (Å²) in [6.45, 7) is 0.815. The third-order valence-corrected chi connectivity index (χ3v) is 6.35. The molecule has 0 saturated heterocycles. The number of benzene rings is 3. The molecule has 3 aromatic rings. The molecular weight excluding hydrogens is 464 g/mol. The zero-order chi connectivity index (χ0) is 26.3. The molecule has 2 N–H and O–H groups in total. The lowest BCUT2D eigenvalue weighted by Gasteiger charge is -2.31. The van der Waals surface area contributed by atoms with E-state index in [0.717, 1.165) is 16.7 Å². The first kappa shape index (κ1) is 27.7. The van der Waals surface area contributed by atoms with E-state index in [1.54, 1.807) is 4.90 Å². The Morgan fingerprint density at radius 1 is 0.703 bits per heavy atom. The SMILES string of the molecule is O=C(O)CCCCCC(=O)N(CCc1ccccc1)C(Cc1ccccc1)C(=O)NCc1ccccc1. The topological polar surface area (TPSA) is 86.7 Å². The summed E-state index contributed by atoms with van der Waals surface area (Å²) in [5.74, 6) is -1.09. The van der Waals surface area contributed by atoms with Crippen LogP contribution in [0.5, 0.6) is 0 Å². The molecule has 0 aliphatic carbocycles. The minimum absolute atomic E-state index is 0.0814. The minimum atomic E-state index is -0.825. The average molecular weight is 501 g/mol. The van der Waals surface area contributed by atoms with Crippen molar-refractivity contribution >= 4 is 17.8 Å². The molecule has 0 spiro atoms. The van der Waals surface area contributed by atoms with Crippen molar-refractivity contribution in [1.82, 2.24) is 10.2 Å². The molecule has 2 amide bonds. The molecule has 0 radical (unpaired) electrons. The minimum Gasteiger partial charge on any atom is -0.481 e. The van der Waals surface area contributed by atoms with Crippen LogP contribution in [0, 0.1) is 0 Å². The van der Waals surface area contributed by atoms with Gasteiger partial charge in [-0.05, 0) is 36.0 Å². The largest absolute Gasteiger partial charge is 0.481 e. The number of hydrogen-bond acceptors (Lipinski definition) is 3. The summed E-state index contributed by atoms with van der Waals surface area (Å²) < 4.78 is 0. The Bertz CT molecular complexity index is 1100. The van der Waals surface area contributed by atoms with Gasteiger partial charge >= 0.3 is 5.97 Å². The highest BCUT2D eigenvalue weighted by molar-refractivity contribution is 5.88. The van der Waals surface area contributed by atoms with E-state index in [4.69, 9.17) is 5.11 Å². The summed E-state index contributed by atoms with van der Waals surface area (Å²) >= 11 is 0. The van der Waals surface area contributed by atoms with Gasteiger partial charge in [-0.3, -0.25) is 14.4 Å². The number of amides is 2. The van der Waals surface area contributed by atoms with E-state index in [0.29, 0.717) is 45.2 Å². The van der Waals surface area contributed by atoms with Crippen LogP contribution in [0.3, 0.4) is 0 Å². The van der Waals surface area contributed by atoms with Crippen molar-refractivity contribution in [3.05, 3.63) is 108 Å². The summed E-state index contributed by atoms with van der Waals surface area (Å²) in [4.78, 5) is 39.6. The van der Waals surface area contributed by atoms with Gasteiger partial charge in [-0.2, -0.15) is 0 Å². The van der Waals surface area contributed by atoms with Crippen molar-refractivity contribution in [3.8, 4) is 0 Å². The van der Waals surface area contributed by atoms with Crippen molar-refractivity contribution < 1.29 is 19.5 Å². The number of carbonyl (C=O) groups is 3. The Balaban J connectivity index is 1.77. The van der Waals surface area contributed by atoms with Crippen LogP contribution in [0.2, 0.25) is 0 Å². The van der Waals surface area contributed by atoms with Crippen LogP contribution >= 0.6 is 0 Å². The van der Waals surface area contributed by atoms with Crippen LogP contribution in [0.25, 0.3) is 0 Å². The quantitative estimate of drug-likeness (QED) is 0.287. The summed E-state index contributed by atoms with van der Waals surface area (Å²) in [5, 5.41) is 11.9. The second-order valence-electron chi connectivity index (χ2n) is 9.19. The van der Waals surface area contributed by atoms with Crippen LogP contribution in [-0.2, 0) is 33.8 Å². The third-order valence-electron chi connectivity index (χ3n) is 6.35. The fraction of sp³-hybridized carbons (Fsp3) is 0.323. The number of nitrogens with one attached hydrogen (secondary N) is 1. The number of carboxylic acids is 1. The number of aliphatic carboxylic acids is 1. The second-order valence-corrected chi connectivity index (χ2v) is 9.19. The molecule has 3 rings (SSSR count). The van der Waals surface area contributed by atoms with Gasteiger partial charge < -0.3 is 15.3 Å². The number of nitrogens with zero attached hydrogens (tertiary/aromatic N) is 1. The van der Waals surface area contributed by atoms with Crippen LogP contribution in [0.4, 0.5) is 0 Å². The Labute approximate surface area is 219 Å². The van der Waals surface area contributed by atoms with E-state index in [-0.39, 0.29) is 24.7 Å². The monoisotopic (exact) mass is 500 g/mol. The standard InChI is InChI=1S/C31H36N2O4/c34-29(19-11-4-12-20-30(35)36)33(22-21-25-13-5-1-6-14-25)28(23-26-15-7-2-8-16-26)31(37)32-24-27-17-9-3-10-18-27/h1-3,5-10,13-18,28H,4,11-12,19-24H2,(H,32,37)(H,35,36). The molecule has 0 aliphatic rings. The van der Waals surface area contributed by atoms with E-state index in [9.17, 15) is 14.4 Å².